The zero-order valence-corrected chi connectivity index (χ0v) is 15.8. The van der Waals surface area contributed by atoms with Crippen LogP contribution in [0.4, 0.5) is 4.39 Å². The molecule has 0 bridgehead atoms. The van der Waals surface area contributed by atoms with Crippen molar-refractivity contribution < 1.29 is 9.13 Å². The third-order valence-corrected chi connectivity index (χ3v) is 3.98. The van der Waals surface area contributed by atoms with Crippen molar-refractivity contribution in [3.8, 4) is 11.6 Å². The van der Waals surface area contributed by atoms with Gasteiger partial charge in [-0.25, -0.2) is 14.4 Å². The Morgan fingerprint density at radius 2 is 2.11 bits per heavy atom. The Bertz CT molecular complexity index is 913. The van der Waals surface area contributed by atoms with Crippen LogP contribution in [0.5, 0.6) is 5.75 Å². The van der Waals surface area contributed by atoms with Gasteiger partial charge in [-0.05, 0) is 36.8 Å². The van der Waals surface area contributed by atoms with Gasteiger partial charge in [0, 0.05) is 32.2 Å². The van der Waals surface area contributed by atoms with Crippen LogP contribution in [0.15, 0.2) is 66.3 Å². The molecule has 0 radical (unpaired) electrons. The van der Waals surface area contributed by atoms with Gasteiger partial charge in [-0.3, -0.25) is 9.56 Å². The molecule has 0 spiro atoms. The van der Waals surface area contributed by atoms with E-state index in [4.69, 9.17) is 4.74 Å². The van der Waals surface area contributed by atoms with Crippen LogP contribution in [0.25, 0.3) is 5.82 Å². The smallest absolute Gasteiger partial charge is 0.191 e. The lowest BCUT2D eigenvalue weighted by atomic mass is 10.2. The summed E-state index contributed by atoms with van der Waals surface area (Å²) in [6.07, 6.45) is 6.79. The predicted octanol–water partition coefficient (Wildman–Crippen LogP) is 2.54. The Morgan fingerprint density at radius 3 is 2.86 bits per heavy atom. The number of nitrogens with zero attached hydrogens (tertiary/aromatic N) is 4. The van der Waals surface area contributed by atoms with Gasteiger partial charge in [0.05, 0.1) is 6.54 Å². The minimum Gasteiger partial charge on any atom is -0.486 e. The average molecular weight is 382 g/mol. The number of halogens is 1. The highest BCUT2D eigenvalue weighted by molar-refractivity contribution is 5.79. The maximum absolute atomic E-state index is 13.7. The van der Waals surface area contributed by atoms with Gasteiger partial charge in [0.25, 0.3) is 0 Å². The zero-order valence-electron chi connectivity index (χ0n) is 15.8. The first-order valence-corrected chi connectivity index (χ1v) is 8.94. The van der Waals surface area contributed by atoms with Crippen LogP contribution in [0, 0.1) is 5.82 Å². The molecule has 1 unspecified atom stereocenters. The van der Waals surface area contributed by atoms with E-state index < -0.39 is 0 Å². The highest BCUT2D eigenvalue weighted by Gasteiger charge is 2.09. The largest absolute Gasteiger partial charge is 0.486 e. The van der Waals surface area contributed by atoms with Crippen molar-refractivity contribution in [3.05, 3.63) is 72.7 Å². The van der Waals surface area contributed by atoms with Gasteiger partial charge in [-0.15, -0.1) is 0 Å². The number of imidazole rings is 1. The normalized spacial score (nSPS) is 12.5. The van der Waals surface area contributed by atoms with Crippen molar-refractivity contribution in [3.63, 3.8) is 0 Å². The van der Waals surface area contributed by atoms with Crippen LogP contribution in [0.3, 0.4) is 0 Å². The minimum atomic E-state index is -0.372. The standard InChI is InChI=1S/C20H23FN6O/c1-15(28-18-6-4-3-5-17(18)21)12-25-20(22-2)26-13-16-7-8-24-19(11-16)27-10-9-23-14-27/h3-11,14-15H,12-13H2,1-2H3,(H2,22,25,26). The SMILES string of the molecule is CN=C(NCc1ccnc(-n2ccnc2)c1)NCC(C)Oc1ccccc1F. The Kier molecular flexibility index (Phi) is 6.56. The summed E-state index contributed by atoms with van der Waals surface area (Å²) in [5, 5.41) is 6.43. The Labute approximate surface area is 163 Å². The van der Waals surface area contributed by atoms with Crippen molar-refractivity contribution in [2.24, 2.45) is 4.99 Å². The van der Waals surface area contributed by atoms with E-state index in [-0.39, 0.29) is 17.7 Å². The Balaban J connectivity index is 1.50. The van der Waals surface area contributed by atoms with E-state index in [0.717, 1.165) is 11.4 Å². The molecular weight excluding hydrogens is 359 g/mol. The molecular formula is C20H23FN6O. The van der Waals surface area contributed by atoms with Crippen molar-refractivity contribution >= 4 is 5.96 Å². The summed E-state index contributed by atoms with van der Waals surface area (Å²) in [6, 6.07) is 10.3. The molecule has 0 aliphatic heterocycles. The number of aliphatic imine (C=N–C) groups is 1. The van der Waals surface area contributed by atoms with Gasteiger partial charge in [0.1, 0.15) is 18.2 Å². The van der Waals surface area contributed by atoms with Crippen molar-refractivity contribution in [1.82, 2.24) is 25.2 Å². The van der Waals surface area contributed by atoms with Crippen LogP contribution in [0.1, 0.15) is 12.5 Å². The van der Waals surface area contributed by atoms with E-state index in [2.05, 4.69) is 25.6 Å². The van der Waals surface area contributed by atoms with Crippen LogP contribution < -0.4 is 15.4 Å². The quantitative estimate of drug-likeness (QED) is 0.485. The maximum atomic E-state index is 13.7. The fourth-order valence-corrected chi connectivity index (χ4v) is 2.55. The first-order chi connectivity index (χ1) is 13.7. The van der Waals surface area contributed by atoms with Crippen molar-refractivity contribution in [2.75, 3.05) is 13.6 Å². The molecule has 146 valence electrons. The van der Waals surface area contributed by atoms with E-state index >= 15 is 0 Å². The van der Waals surface area contributed by atoms with E-state index in [1.165, 1.54) is 6.07 Å². The van der Waals surface area contributed by atoms with Gasteiger partial charge >= 0.3 is 0 Å². The number of benzene rings is 1. The predicted molar refractivity (Wildman–Crippen MR) is 106 cm³/mol. The fourth-order valence-electron chi connectivity index (χ4n) is 2.55. The molecule has 2 aromatic heterocycles. The number of para-hydroxylation sites is 1. The topological polar surface area (TPSA) is 76.4 Å². The molecule has 2 N–H and O–H groups in total. The molecule has 0 saturated carbocycles. The molecule has 28 heavy (non-hydrogen) atoms. The third kappa shape index (κ3) is 5.29. The first-order valence-electron chi connectivity index (χ1n) is 8.94. The number of pyridine rings is 1. The molecule has 7 nitrogen and oxygen atoms in total. The second-order valence-corrected chi connectivity index (χ2v) is 6.16. The van der Waals surface area contributed by atoms with E-state index in [0.29, 0.717) is 19.0 Å². The lowest BCUT2D eigenvalue weighted by Gasteiger charge is -2.18. The van der Waals surface area contributed by atoms with Crippen molar-refractivity contribution in [2.45, 2.75) is 19.6 Å². The third-order valence-electron chi connectivity index (χ3n) is 3.98. The fraction of sp³-hybridized carbons (Fsp3) is 0.250. The highest BCUT2D eigenvalue weighted by Crippen LogP contribution is 2.16. The number of aromatic nitrogens is 3. The summed E-state index contributed by atoms with van der Waals surface area (Å²) in [4.78, 5) is 12.6. The Morgan fingerprint density at radius 1 is 1.25 bits per heavy atom. The van der Waals surface area contributed by atoms with Gasteiger partial charge in [-0.1, -0.05) is 12.1 Å². The molecule has 1 atom stereocenters. The number of nitrogens with one attached hydrogen (secondary N) is 2. The van der Waals surface area contributed by atoms with Crippen LogP contribution in [-0.4, -0.2) is 40.2 Å². The zero-order chi connectivity index (χ0) is 19.8. The molecule has 1 aromatic carbocycles. The molecule has 0 amide bonds. The summed E-state index contributed by atoms with van der Waals surface area (Å²) in [5.74, 6) is 1.29. The van der Waals surface area contributed by atoms with Gasteiger partial charge < -0.3 is 15.4 Å². The molecule has 0 aliphatic rings. The van der Waals surface area contributed by atoms with Gasteiger partial charge in [-0.2, -0.15) is 0 Å². The second kappa shape index (κ2) is 9.50. The van der Waals surface area contributed by atoms with Crippen LogP contribution in [0.2, 0.25) is 0 Å². The molecule has 8 heteroatoms. The summed E-state index contributed by atoms with van der Waals surface area (Å²) in [5.41, 5.74) is 1.05. The highest BCUT2D eigenvalue weighted by atomic mass is 19.1. The monoisotopic (exact) mass is 382 g/mol. The number of ether oxygens (including phenoxy) is 1. The summed E-state index contributed by atoms with van der Waals surface area (Å²) < 4.78 is 21.1. The summed E-state index contributed by atoms with van der Waals surface area (Å²) in [7, 11) is 1.70. The van der Waals surface area contributed by atoms with E-state index in [1.54, 1.807) is 44.0 Å². The van der Waals surface area contributed by atoms with Gasteiger partial charge in [0.15, 0.2) is 17.5 Å². The Hall–Kier alpha value is -3.42. The lowest BCUT2D eigenvalue weighted by Crippen LogP contribution is -2.41. The molecule has 2 heterocycles. The van der Waals surface area contributed by atoms with E-state index in [1.807, 2.05) is 29.8 Å². The number of hydrogen-bond donors (Lipinski definition) is 2. The number of rotatable bonds is 7. The van der Waals surface area contributed by atoms with Crippen LogP contribution in [-0.2, 0) is 6.54 Å². The molecule has 3 aromatic rings. The van der Waals surface area contributed by atoms with Crippen molar-refractivity contribution in [1.29, 1.82) is 0 Å². The first kappa shape index (κ1) is 19.3. The summed E-state index contributed by atoms with van der Waals surface area (Å²) >= 11 is 0. The van der Waals surface area contributed by atoms with Crippen LogP contribution >= 0.6 is 0 Å². The molecule has 3 rings (SSSR count). The average Bonchev–Trinajstić information content (AvgIpc) is 3.25. The molecule has 0 aliphatic carbocycles. The number of guanidine groups is 1. The summed E-state index contributed by atoms with van der Waals surface area (Å²) in [6.45, 7) is 2.92. The van der Waals surface area contributed by atoms with Gasteiger partial charge in [0.2, 0.25) is 0 Å². The van der Waals surface area contributed by atoms with E-state index in [9.17, 15) is 4.39 Å². The molecule has 0 saturated heterocycles. The number of hydrogen-bond acceptors (Lipinski definition) is 4. The molecule has 0 fully saturated rings. The minimum absolute atomic E-state index is 0.232. The lowest BCUT2D eigenvalue weighted by molar-refractivity contribution is 0.214. The second-order valence-electron chi connectivity index (χ2n) is 6.16. The maximum Gasteiger partial charge on any atom is 0.191 e.